The van der Waals surface area contributed by atoms with Crippen LogP contribution in [-0.4, -0.2) is 76.4 Å². The van der Waals surface area contributed by atoms with Crippen LogP contribution in [0.5, 0.6) is 0 Å². The number of aromatic amines is 1. The number of rotatable bonds is 8. The van der Waals surface area contributed by atoms with Crippen molar-refractivity contribution in [2.75, 3.05) is 32.1 Å². The molecule has 3 radical (unpaired) electrons. The fourth-order valence-corrected chi connectivity index (χ4v) is 4.31. The van der Waals surface area contributed by atoms with E-state index in [0.29, 0.717) is 53.5 Å². The van der Waals surface area contributed by atoms with E-state index in [9.17, 15) is 4.79 Å². The van der Waals surface area contributed by atoms with Crippen molar-refractivity contribution in [1.29, 1.82) is 0 Å². The maximum atomic E-state index is 13.5. The van der Waals surface area contributed by atoms with Gasteiger partial charge in [-0.2, -0.15) is 5.10 Å². The number of imidazole rings is 1. The summed E-state index contributed by atoms with van der Waals surface area (Å²) in [5.41, 5.74) is 0.792. The molecule has 0 unspecified atom stereocenters. The van der Waals surface area contributed by atoms with Gasteiger partial charge in [0.15, 0.2) is 17.3 Å². The molecule has 4 heterocycles. The van der Waals surface area contributed by atoms with Crippen molar-refractivity contribution in [3.05, 3.63) is 46.1 Å². The minimum absolute atomic E-state index is 0.173. The molecule has 0 saturated carbocycles. The van der Waals surface area contributed by atoms with Crippen LogP contribution in [0, 0.1) is 0 Å². The second-order valence-electron chi connectivity index (χ2n) is 8.30. The topological polar surface area (TPSA) is 100 Å². The quantitative estimate of drug-likeness (QED) is 0.391. The molecule has 12 heteroatoms. The minimum atomic E-state index is -0.713. The fraction of sp³-hybridized carbons (Fsp3) is 0.450. The highest BCUT2D eigenvalue weighted by Gasteiger charge is 2.36. The first-order chi connectivity index (χ1) is 15.3. The third kappa shape index (κ3) is 3.80. The number of anilines is 1. The van der Waals surface area contributed by atoms with Crippen LogP contribution in [-0.2, 0) is 12.1 Å². The molecule has 0 aliphatic carbocycles. The lowest BCUT2D eigenvalue weighted by molar-refractivity contribution is 0.351. The summed E-state index contributed by atoms with van der Waals surface area (Å²) in [4.78, 5) is 33.8. The van der Waals surface area contributed by atoms with Gasteiger partial charge in [0, 0.05) is 36.1 Å². The molecule has 0 amide bonds. The SMILES string of the molecule is CN(C)CCn1c(C(C)(C)N(CC[Si])c2ncnc3nc[nH]c23)nn2ccc(Cl)c2c1=O. The van der Waals surface area contributed by atoms with Crippen molar-refractivity contribution in [3.63, 3.8) is 0 Å². The van der Waals surface area contributed by atoms with Crippen LogP contribution in [0.3, 0.4) is 0 Å². The Hall–Kier alpha value is -2.76. The number of likely N-dealkylation sites (N-methyl/N-ethyl adjacent to an activating group) is 1. The Morgan fingerprint density at radius 1 is 1.22 bits per heavy atom. The number of H-pyrrole nitrogens is 1. The summed E-state index contributed by atoms with van der Waals surface area (Å²) in [5.74, 6) is 1.30. The number of fused-ring (bicyclic) bond motifs is 2. The number of nitrogens with zero attached hydrogens (tertiary/aromatic N) is 8. The average molecular weight is 471 g/mol. The van der Waals surface area contributed by atoms with Crippen LogP contribution >= 0.6 is 11.6 Å². The standard InChI is InChI=1S/C20H25ClN9OSi/c1-20(2,29(9-10-32)17-14-16(23-11-22-14)24-12-25-17)19-26-30-6-5-13(21)15(30)18(31)28(19)8-7-27(3)4/h5-6,11-12H,7-10H2,1-4H3,(H,22,23,24,25). The third-order valence-corrected chi connectivity index (χ3v) is 6.04. The molecule has 0 fully saturated rings. The number of hydrogen-bond acceptors (Lipinski definition) is 7. The van der Waals surface area contributed by atoms with Gasteiger partial charge >= 0.3 is 0 Å². The van der Waals surface area contributed by atoms with E-state index in [-0.39, 0.29) is 5.56 Å². The predicted molar refractivity (Wildman–Crippen MR) is 126 cm³/mol. The highest BCUT2D eigenvalue weighted by atomic mass is 35.5. The van der Waals surface area contributed by atoms with E-state index in [1.54, 1.807) is 27.7 Å². The zero-order chi connectivity index (χ0) is 23.0. The van der Waals surface area contributed by atoms with Crippen LogP contribution < -0.4 is 10.5 Å². The molecule has 0 saturated heterocycles. The number of halogens is 1. The van der Waals surface area contributed by atoms with Gasteiger partial charge in [-0.15, -0.1) is 0 Å². The van der Waals surface area contributed by atoms with Gasteiger partial charge in [-0.3, -0.25) is 9.36 Å². The van der Waals surface area contributed by atoms with Crippen molar-refractivity contribution in [1.82, 2.24) is 39.0 Å². The number of hydrogen-bond donors (Lipinski definition) is 1. The summed E-state index contributed by atoms with van der Waals surface area (Å²) in [6.45, 7) is 5.83. The third-order valence-electron chi connectivity index (χ3n) is 5.51. The van der Waals surface area contributed by atoms with Crippen LogP contribution in [0.25, 0.3) is 16.7 Å². The number of aromatic nitrogens is 7. The van der Waals surface area contributed by atoms with E-state index in [1.165, 1.54) is 6.33 Å². The van der Waals surface area contributed by atoms with Crippen molar-refractivity contribution in [2.45, 2.75) is 32.0 Å². The molecular formula is C20H25ClN9OSi. The van der Waals surface area contributed by atoms with Crippen molar-refractivity contribution < 1.29 is 0 Å². The van der Waals surface area contributed by atoms with Gasteiger partial charge in [0.1, 0.15) is 17.4 Å². The molecule has 0 aromatic carbocycles. The Kier molecular flexibility index (Phi) is 6.06. The minimum Gasteiger partial charge on any atom is -0.343 e. The van der Waals surface area contributed by atoms with E-state index in [4.69, 9.17) is 16.7 Å². The molecule has 4 aromatic heterocycles. The molecule has 0 aliphatic heterocycles. The maximum absolute atomic E-state index is 13.5. The molecule has 0 atom stereocenters. The summed E-state index contributed by atoms with van der Waals surface area (Å²) in [6, 6.07) is 2.37. The lowest BCUT2D eigenvalue weighted by Gasteiger charge is -2.39. The summed E-state index contributed by atoms with van der Waals surface area (Å²) < 4.78 is 3.28. The molecular weight excluding hydrogens is 446 g/mol. The van der Waals surface area contributed by atoms with Crippen molar-refractivity contribution in [2.24, 2.45) is 0 Å². The Balaban J connectivity index is 1.94. The van der Waals surface area contributed by atoms with Gasteiger partial charge in [0.25, 0.3) is 5.56 Å². The molecule has 0 spiro atoms. The van der Waals surface area contributed by atoms with Crippen LogP contribution in [0.1, 0.15) is 19.7 Å². The first-order valence-corrected chi connectivity index (χ1v) is 11.3. The van der Waals surface area contributed by atoms with Crippen molar-refractivity contribution in [3.8, 4) is 0 Å². The molecule has 1 N–H and O–H groups in total. The smallest absolute Gasteiger partial charge is 0.279 e. The Labute approximate surface area is 193 Å². The monoisotopic (exact) mass is 470 g/mol. The fourth-order valence-electron chi connectivity index (χ4n) is 3.86. The van der Waals surface area contributed by atoms with E-state index in [2.05, 4.69) is 35.1 Å². The zero-order valence-corrected chi connectivity index (χ0v) is 20.3. The first-order valence-electron chi connectivity index (χ1n) is 10.2. The largest absolute Gasteiger partial charge is 0.343 e. The highest BCUT2D eigenvalue weighted by Crippen LogP contribution is 2.33. The van der Waals surface area contributed by atoms with E-state index >= 15 is 0 Å². The molecule has 167 valence electrons. The first kappa shape index (κ1) is 22.4. The Morgan fingerprint density at radius 2 is 2.00 bits per heavy atom. The average Bonchev–Trinajstić information content (AvgIpc) is 3.37. The predicted octanol–water partition coefficient (Wildman–Crippen LogP) is 1.71. The zero-order valence-electron chi connectivity index (χ0n) is 18.5. The normalized spacial score (nSPS) is 12.3. The van der Waals surface area contributed by atoms with Gasteiger partial charge in [-0.05, 0) is 40.1 Å². The lowest BCUT2D eigenvalue weighted by atomic mass is 10.0. The maximum Gasteiger partial charge on any atom is 0.279 e. The van der Waals surface area contributed by atoms with Gasteiger partial charge < -0.3 is 14.8 Å². The van der Waals surface area contributed by atoms with Gasteiger partial charge in [-0.1, -0.05) is 11.6 Å². The summed E-state index contributed by atoms with van der Waals surface area (Å²) in [5, 5.41) is 5.24. The van der Waals surface area contributed by atoms with Gasteiger partial charge in [0.05, 0.1) is 16.9 Å². The lowest BCUT2D eigenvalue weighted by Crippen LogP contribution is -2.48. The molecule has 0 aliphatic rings. The molecule has 4 aromatic rings. The Morgan fingerprint density at radius 3 is 2.72 bits per heavy atom. The summed E-state index contributed by atoms with van der Waals surface area (Å²) in [7, 11) is 7.56. The second-order valence-corrected chi connectivity index (χ2v) is 9.21. The molecule has 0 bridgehead atoms. The highest BCUT2D eigenvalue weighted by molar-refractivity contribution is 6.33. The van der Waals surface area contributed by atoms with E-state index in [0.717, 1.165) is 5.52 Å². The van der Waals surface area contributed by atoms with E-state index < -0.39 is 5.54 Å². The molecule has 4 rings (SSSR count). The van der Waals surface area contributed by atoms with Gasteiger partial charge in [-0.25, -0.2) is 19.5 Å². The molecule has 10 nitrogen and oxygen atoms in total. The number of nitrogens with one attached hydrogen (secondary N) is 1. The second kappa shape index (κ2) is 8.64. The molecule has 32 heavy (non-hydrogen) atoms. The van der Waals surface area contributed by atoms with Crippen LogP contribution in [0.15, 0.2) is 29.7 Å². The van der Waals surface area contributed by atoms with Gasteiger partial charge in [0.2, 0.25) is 0 Å². The van der Waals surface area contributed by atoms with Crippen LogP contribution in [0.4, 0.5) is 5.82 Å². The Bertz CT molecular complexity index is 1310. The van der Waals surface area contributed by atoms with Crippen molar-refractivity contribution >= 4 is 44.3 Å². The summed E-state index contributed by atoms with van der Waals surface area (Å²) >= 11 is 6.31. The van der Waals surface area contributed by atoms with E-state index in [1.807, 2.05) is 32.8 Å². The van der Waals surface area contributed by atoms with Crippen LogP contribution in [0.2, 0.25) is 11.1 Å². The summed E-state index contributed by atoms with van der Waals surface area (Å²) in [6.07, 6.45) is 4.80.